The minimum absolute atomic E-state index is 0.253. The number of hydrogen-bond donors (Lipinski definition) is 0. The number of rotatable bonds is 4. The SMILES string of the molecule is c1ccc(C2c3ccccc3-c3cc(-c4ccc5c6ccccc6n(-c6cccc(-c7cccc8c7-c7ccccc7C8)c6)c5c4)ccc32)cc1. The van der Waals surface area contributed by atoms with Crippen LogP contribution in [0.25, 0.3) is 72.0 Å². The van der Waals surface area contributed by atoms with E-state index in [9.17, 15) is 0 Å². The molecule has 0 spiro atoms. The average molecular weight is 648 g/mol. The highest BCUT2D eigenvalue weighted by Crippen LogP contribution is 2.49. The lowest BCUT2D eigenvalue weighted by molar-refractivity contribution is 1.02. The van der Waals surface area contributed by atoms with Gasteiger partial charge in [-0.05, 0) is 109 Å². The highest BCUT2D eigenvalue weighted by molar-refractivity contribution is 6.10. The smallest absolute Gasteiger partial charge is 0.0547 e. The third kappa shape index (κ3) is 4.28. The molecule has 0 fully saturated rings. The molecule has 238 valence electrons. The first kappa shape index (κ1) is 28.4. The fraction of sp³-hybridized carbons (Fsp3) is 0.0400. The Kier molecular flexibility index (Phi) is 6.15. The molecule has 0 saturated heterocycles. The van der Waals surface area contributed by atoms with Crippen molar-refractivity contribution >= 4 is 21.8 Å². The Morgan fingerprint density at radius 3 is 2.02 bits per heavy atom. The van der Waals surface area contributed by atoms with Gasteiger partial charge in [-0.2, -0.15) is 0 Å². The van der Waals surface area contributed by atoms with Crippen LogP contribution in [0, 0.1) is 0 Å². The Hall–Kier alpha value is -6.44. The van der Waals surface area contributed by atoms with Gasteiger partial charge in [0.25, 0.3) is 0 Å². The summed E-state index contributed by atoms with van der Waals surface area (Å²) in [6.07, 6.45) is 0.996. The Morgan fingerprint density at radius 2 is 1.08 bits per heavy atom. The molecule has 1 nitrogen and oxygen atoms in total. The maximum atomic E-state index is 2.46. The third-order valence-electron chi connectivity index (χ3n) is 11.3. The van der Waals surface area contributed by atoms with Crippen molar-refractivity contribution in [1.82, 2.24) is 4.57 Å². The molecule has 9 aromatic rings. The van der Waals surface area contributed by atoms with Crippen molar-refractivity contribution in [2.75, 3.05) is 0 Å². The zero-order valence-electron chi connectivity index (χ0n) is 28.1. The summed E-state index contributed by atoms with van der Waals surface area (Å²) in [5.74, 6) is 0.253. The van der Waals surface area contributed by atoms with Gasteiger partial charge in [0, 0.05) is 22.4 Å². The molecule has 2 aliphatic carbocycles. The molecule has 0 aliphatic heterocycles. The fourth-order valence-electron chi connectivity index (χ4n) is 9.06. The van der Waals surface area contributed by atoms with E-state index in [-0.39, 0.29) is 5.92 Å². The maximum Gasteiger partial charge on any atom is 0.0547 e. The van der Waals surface area contributed by atoms with Crippen molar-refractivity contribution in [3.63, 3.8) is 0 Å². The van der Waals surface area contributed by atoms with E-state index in [1.807, 2.05) is 0 Å². The topological polar surface area (TPSA) is 4.93 Å². The molecule has 1 heteroatoms. The van der Waals surface area contributed by atoms with Gasteiger partial charge in [0.1, 0.15) is 0 Å². The van der Waals surface area contributed by atoms with E-state index in [1.54, 1.807) is 0 Å². The van der Waals surface area contributed by atoms with Crippen molar-refractivity contribution in [3.05, 3.63) is 210 Å². The largest absolute Gasteiger partial charge is 0.309 e. The van der Waals surface area contributed by atoms with Crippen LogP contribution in [0.5, 0.6) is 0 Å². The van der Waals surface area contributed by atoms with E-state index in [2.05, 4.69) is 187 Å². The summed E-state index contributed by atoms with van der Waals surface area (Å²) < 4.78 is 2.46. The van der Waals surface area contributed by atoms with E-state index in [0.29, 0.717) is 0 Å². The van der Waals surface area contributed by atoms with Gasteiger partial charge in [0.15, 0.2) is 0 Å². The van der Waals surface area contributed by atoms with Gasteiger partial charge in [-0.3, -0.25) is 0 Å². The zero-order chi connectivity index (χ0) is 33.5. The van der Waals surface area contributed by atoms with E-state index in [0.717, 1.165) is 6.42 Å². The molecule has 0 amide bonds. The van der Waals surface area contributed by atoms with Gasteiger partial charge >= 0.3 is 0 Å². The normalized spacial score (nSPS) is 14.0. The van der Waals surface area contributed by atoms with Crippen molar-refractivity contribution in [2.45, 2.75) is 12.3 Å². The molecule has 0 saturated carbocycles. The summed E-state index contributed by atoms with van der Waals surface area (Å²) in [5.41, 5.74) is 21.0. The van der Waals surface area contributed by atoms with Crippen molar-refractivity contribution in [3.8, 4) is 50.2 Å². The first-order chi connectivity index (χ1) is 25.3. The Morgan fingerprint density at radius 1 is 0.392 bits per heavy atom. The summed E-state index contributed by atoms with van der Waals surface area (Å²) in [4.78, 5) is 0. The van der Waals surface area contributed by atoms with Gasteiger partial charge in [0.05, 0.1) is 11.0 Å². The molecular weight excluding hydrogens is 615 g/mol. The Labute approximate surface area is 297 Å². The van der Waals surface area contributed by atoms with Gasteiger partial charge in [-0.15, -0.1) is 0 Å². The van der Waals surface area contributed by atoms with Crippen molar-refractivity contribution < 1.29 is 0 Å². The highest BCUT2D eigenvalue weighted by atomic mass is 15.0. The summed E-state index contributed by atoms with van der Waals surface area (Å²) in [5, 5.41) is 2.54. The summed E-state index contributed by atoms with van der Waals surface area (Å²) >= 11 is 0. The molecule has 0 bridgehead atoms. The first-order valence-corrected chi connectivity index (χ1v) is 17.9. The molecule has 2 aliphatic rings. The van der Waals surface area contributed by atoms with E-state index < -0.39 is 0 Å². The fourth-order valence-corrected chi connectivity index (χ4v) is 9.06. The number of para-hydroxylation sites is 1. The predicted octanol–water partition coefficient (Wildman–Crippen LogP) is 12.8. The van der Waals surface area contributed by atoms with E-state index in [1.165, 1.54) is 99.8 Å². The summed E-state index contributed by atoms with van der Waals surface area (Å²) in [7, 11) is 0. The predicted molar refractivity (Wildman–Crippen MR) is 213 cm³/mol. The summed E-state index contributed by atoms with van der Waals surface area (Å²) in [6, 6.07) is 67.6. The lowest BCUT2D eigenvalue weighted by Gasteiger charge is -2.15. The Balaban J connectivity index is 1.07. The number of nitrogens with zero attached hydrogens (tertiary/aromatic N) is 1. The van der Waals surface area contributed by atoms with Crippen LogP contribution < -0.4 is 0 Å². The molecular formula is C50H33N. The third-order valence-corrected chi connectivity index (χ3v) is 11.3. The second-order valence-corrected chi connectivity index (χ2v) is 14.0. The number of hydrogen-bond acceptors (Lipinski definition) is 0. The molecule has 1 atom stereocenters. The Bertz CT molecular complexity index is 2840. The van der Waals surface area contributed by atoms with Crippen LogP contribution in [-0.4, -0.2) is 4.57 Å². The zero-order valence-corrected chi connectivity index (χ0v) is 28.1. The lowest BCUT2D eigenvalue weighted by Crippen LogP contribution is -1.98. The van der Waals surface area contributed by atoms with Crippen LogP contribution in [-0.2, 0) is 6.42 Å². The van der Waals surface area contributed by atoms with Crippen molar-refractivity contribution in [2.24, 2.45) is 0 Å². The van der Waals surface area contributed by atoms with E-state index in [4.69, 9.17) is 0 Å². The van der Waals surface area contributed by atoms with Gasteiger partial charge in [-0.25, -0.2) is 0 Å². The van der Waals surface area contributed by atoms with Crippen LogP contribution in [0.15, 0.2) is 182 Å². The number of aromatic nitrogens is 1. The van der Waals surface area contributed by atoms with Crippen molar-refractivity contribution in [1.29, 1.82) is 0 Å². The monoisotopic (exact) mass is 647 g/mol. The van der Waals surface area contributed by atoms with Gasteiger partial charge < -0.3 is 4.57 Å². The molecule has 1 unspecified atom stereocenters. The second-order valence-electron chi connectivity index (χ2n) is 14.0. The minimum atomic E-state index is 0.253. The average Bonchev–Trinajstić information content (AvgIpc) is 3.85. The lowest BCUT2D eigenvalue weighted by atomic mass is 9.89. The molecule has 11 rings (SSSR count). The molecule has 8 aromatic carbocycles. The summed E-state index contributed by atoms with van der Waals surface area (Å²) in [6.45, 7) is 0. The van der Waals surface area contributed by atoms with Crippen LogP contribution in [0.2, 0.25) is 0 Å². The van der Waals surface area contributed by atoms with Crippen LogP contribution in [0.3, 0.4) is 0 Å². The van der Waals surface area contributed by atoms with E-state index >= 15 is 0 Å². The minimum Gasteiger partial charge on any atom is -0.309 e. The molecule has 1 heterocycles. The van der Waals surface area contributed by atoms with Crippen LogP contribution in [0.4, 0.5) is 0 Å². The molecule has 0 radical (unpaired) electrons. The first-order valence-electron chi connectivity index (χ1n) is 17.9. The standard InChI is InChI=1S/C50H33N/c1-2-12-32(13-3-1)49-44-21-7-6-19-41(44)46-30-33(25-27-45(46)49)34-24-26-43-42-20-8-9-23-47(42)51(48(43)31-34)38-17-10-15-36(29-38)40-22-11-16-37-28-35-14-4-5-18-39(35)50(37)40/h1-27,29-31,49H,28H2. The molecule has 1 aromatic heterocycles. The molecule has 51 heavy (non-hydrogen) atoms. The quantitative estimate of drug-likeness (QED) is 0.179. The highest BCUT2D eigenvalue weighted by Gasteiger charge is 2.30. The number of benzene rings is 8. The van der Waals surface area contributed by atoms with Gasteiger partial charge in [-0.1, -0.05) is 152 Å². The van der Waals surface area contributed by atoms with Crippen LogP contribution >= 0.6 is 0 Å². The van der Waals surface area contributed by atoms with Gasteiger partial charge in [0.2, 0.25) is 0 Å². The number of fused-ring (bicyclic) bond motifs is 9. The van der Waals surface area contributed by atoms with Crippen LogP contribution in [0.1, 0.15) is 33.7 Å². The second kappa shape index (κ2) is 11.0. The molecule has 0 N–H and O–H groups in total. The maximum absolute atomic E-state index is 2.46.